The molecule has 0 bridgehead atoms. The van der Waals surface area contributed by atoms with E-state index in [1.54, 1.807) is 0 Å². The van der Waals surface area contributed by atoms with Gasteiger partial charge in [0.05, 0.1) is 0 Å². The zero-order chi connectivity index (χ0) is 20.2. The molecular weight excluding hydrogens is 465 g/mol. The molecule has 0 aromatic rings. The van der Waals surface area contributed by atoms with Gasteiger partial charge in [0.1, 0.15) is 0 Å². The van der Waals surface area contributed by atoms with Gasteiger partial charge in [-0.05, 0) is 59.8 Å². The number of nitrogens with zero attached hydrogens (tertiary/aromatic N) is 3. The lowest BCUT2D eigenvalue weighted by atomic mass is 10.00. The van der Waals surface area contributed by atoms with E-state index >= 15 is 0 Å². The molecule has 1 heterocycles. The van der Waals surface area contributed by atoms with Crippen molar-refractivity contribution in [2.75, 3.05) is 39.3 Å². The Labute approximate surface area is 190 Å². The number of hydrogen-bond donors (Lipinski definition) is 2. The predicted molar refractivity (Wildman–Crippen MR) is 131 cm³/mol. The molecule has 7 heteroatoms. The smallest absolute Gasteiger partial charge is 0.224 e. The van der Waals surface area contributed by atoms with Crippen LogP contribution in [0.1, 0.15) is 67.2 Å². The van der Waals surface area contributed by atoms with Crippen LogP contribution in [-0.2, 0) is 4.79 Å². The number of carbonyl (C=O) groups excluding carboxylic acids is 1. The van der Waals surface area contributed by atoms with Gasteiger partial charge in [-0.15, -0.1) is 24.0 Å². The van der Waals surface area contributed by atoms with Crippen LogP contribution < -0.4 is 10.6 Å². The third-order valence-corrected chi connectivity index (χ3v) is 5.16. The Morgan fingerprint density at radius 3 is 2.46 bits per heavy atom. The number of hydrogen-bond acceptors (Lipinski definition) is 3. The molecular formula is C21H44IN5O. The second-order valence-corrected chi connectivity index (χ2v) is 8.30. The summed E-state index contributed by atoms with van der Waals surface area (Å²) in [5, 5.41) is 6.59. The predicted octanol–water partition coefficient (Wildman–Crippen LogP) is 3.32. The van der Waals surface area contributed by atoms with Gasteiger partial charge in [0.2, 0.25) is 5.91 Å². The van der Waals surface area contributed by atoms with Crippen molar-refractivity contribution >= 4 is 35.8 Å². The van der Waals surface area contributed by atoms with Crippen LogP contribution in [0.3, 0.4) is 0 Å². The fourth-order valence-electron chi connectivity index (χ4n) is 3.76. The molecule has 0 aromatic carbocycles. The van der Waals surface area contributed by atoms with Crippen LogP contribution in [0.5, 0.6) is 0 Å². The molecule has 2 N–H and O–H groups in total. The van der Waals surface area contributed by atoms with Crippen molar-refractivity contribution in [1.82, 2.24) is 20.4 Å². The summed E-state index contributed by atoms with van der Waals surface area (Å²) in [6.45, 7) is 18.4. The Morgan fingerprint density at radius 2 is 1.89 bits per heavy atom. The van der Waals surface area contributed by atoms with Crippen LogP contribution in [0.15, 0.2) is 4.99 Å². The Hall–Kier alpha value is -0.570. The lowest BCUT2D eigenvalue weighted by Gasteiger charge is -2.31. The molecule has 1 amide bonds. The van der Waals surface area contributed by atoms with Crippen molar-refractivity contribution in [3.8, 4) is 0 Å². The van der Waals surface area contributed by atoms with E-state index in [0.29, 0.717) is 31.0 Å². The summed E-state index contributed by atoms with van der Waals surface area (Å²) in [5.74, 6) is 1.71. The standard InChI is InChI=1S/C21H43N5O.HI/c1-7-22-21(23-12-9-15-26(17(2)3)18(4)5)24-13-11-20(27)25-14-8-10-19(6)16-25;/h17-19H,7-16H2,1-6H3,(H2,22,23,24);1H. The molecule has 1 rings (SSSR count). The number of piperidine rings is 1. The highest BCUT2D eigenvalue weighted by atomic mass is 127. The lowest BCUT2D eigenvalue weighted by Crippen LogP contribution is -2.42. The van der Waals surface area contributed by atoms with Gasteiger partial charge in [-0.2, -0.15) is 0 Å². The van der Waals surface area contributed by atoms with Crippen LogP contribution in [0.4, 0.5) is 0 Å². The number of halogens is 1. The van der Waals surface area contributed by atoms with Gasteiger partial charge in [0, 0.05) is 57.8 Å². The zero-order valence-corrected chi connectivity index (χ0v) is 21.3. The van der Waals surface area contributed by atoms with Crippen LogP contribution >= 0.6 is 24.0 Å². The van der Waals surface area contributed by atoms with E-state index in [1.165, 1.54) is 6.42 Å². The molecule has 166 valence electrons. The normalized spacial score (nSPS) is 17.8. The maximum absolute atomic E-state index is 12.4. The number of carbonyl (C=O) groups is 1. The van der Waals surface area contributed by atoms with E-state index in [0.717, 1.165) is 51.5 Å². The van der Waals surface area contributed by atoms with Crippen molar-refractivity contribution in [3.63, 3.8) is 0 Å². The average molecular weight is 510 g/mol. The summed E-state index contributed by atoms with van der Waals surface area (Å²) in [4.78, 5) is 21.5. The number of guanidine groups is 1. The second kappa shape index (κ2) is 15.3. The summed E-state index contributed by atoms with van der Waals surface area (Å²) >= 11 is 0. The topological polar surface area (TPSA) is 60.0 Å². The molecule has 0 aromatic heterocycles. The second-order valence-electron chi connectivity index (χ2n) is 8.30. The largest absolute Gasteiger partial charge is 0.357 e. The van der Waals surface area contributed by atoms with Crippen molar-refractivity contribution in [1.29, 1.82) is 0 Å². The van der Waals surface area contributed by atoms with Gasteiger partial charge in [-0.3, -0.25) is 14.7 Å². The molecule has 0 radical (unpaired) electrons. The third-order valence-electron chi connectivity index (χ3n) is 5.16. The Morgan fingerprint density at radius 1 is 1.21 bits per heavy atom. The lowest BCUT2D eigenvalue weighted by molar-refractivity contribution is -0.132. The van der Waals surface area contributed by atoms with Crippen LogP contribution in [-0.4, -0.2) is 73.0 Å². The molecule has 1 aliphatic heterocycles. The molecule has 0 aliphatic carbocycles. The highest BCUT2D eigenvalue weighted by Gasteiger charge is 2.20. The highest BCUT2D eigenvalue weighted by molar-refractivity contribution is 14.0. The summed E-state index contributed by atoms with van der Waals surface area (Å²) in [7, 11) is 0. The minimum absolute atomic E-state index is 0. The van der Waals surface area contributed by atoms with E-state index < -0.39 is 0 Å². The third kappa shape index (κ3) is 10.8. The van der Waals surface area contributed by atoms with Crippen LogP contribution in [0.25, 0.3) is 0 Å². The zero-order valence-electron chi connectivity index (χ0n) is 19.0. The first-order chi connectivity index (χ1) is 12.8. The first-order valence-electron chi connectivity index (χ1n) is 10.9. The van der Waals surface area contributed by atoms with Crippen LogP contribution in [0, 0.1) is 5.92 Å². The fraction of sp³-hybridized carbons (Fsp3) is 0.905. The van der Waals surface area contributed by atoms with Crippen molar-refractivity contribution < 1.29 is 4.79 Å². The van der Waals surface area contributed by atoms with E-state index in [9.17, 15) is 4.79 Å². The Balaban J connectivity index is 0.00000729. The van der Waals surface area contributed by atoms with E-state index in [1.807, 2.05) is 4.90 Å². The fourth-order valence-corrected chi connectivity index (χ4v) is 3.76. The van der Waals surface area contributed by atoms with Gasteiger partial charge in [-0.1, -0.05) is 6.92 Å². The van der Waals surface area contributed by atoms with Gasteiger partial charge < -0.3 is 15.5 Å². The molecule has 0 saturated carbocycles. The maximum atomic E-state index is 12.4. The van der Waals surface area contributed by atoms with E-state index in [2.05, 4.69) is 62.1 Å². The highest BCUT2D eigenvalue weighted by Crippen LogP contribution is 2.15. The number of nitrogens with one attached hydrogen (secondary N) is 2. The minimum atomic E-state index is 0. The molecule has 0 spiro atoms. The molecule has 1 fully saturated rings. The quantitative estimate of drug-likeness (QED) is 0.205. The Bertz CT molecular complexity index is 448. The van der Waals surface area contributed by atoms with Gasteiger partial charge in [0.15, 0.2) is 5.96 Å². The number of aliphatic imine (C=N–C) groups is 1. The van der Waals surface area contributed by atoms with E-state index in [-0.39, 0.29) is 29.9 Å². The SMILES string of the molecule is CCNC(=NCCCN(C(C)C)C(C)C)NCCC(=O)N1CCCC(C)C1.I. The molecule has 1 atom stereocenters. The molecule has 1 aliphatic rings. The average Bonchev–Trinajstić information content (AvgIpc) is 2.60. The summed E-state index contributed by atoms with van der Waals surface area (Å²) in [5.41, 5.74) is 0. The van der Waals surface area contributed by atoms with Gasteiger partial charge >= 0.3 is 0 Å². The first-order valence-corrected chi connectivity index (χ1v) is 10.9. The van der Waals surface area contributed by atoms with Gasteiger partial charge in [-0.25, -0.2) is 0 Å². The van der Waals surface area contributed by atoms with Crippen molar-refractivity contribution in [3.05, 3.63) is 0 Å². The summed E-state index contributed by atoms with van der Waals surface area (Å²) < 4.78 is 0. The van der Waals surface area contributed by atoms with Crippen molar-refractivity contribution in [2.45, 2.75) is 79.3 Å². The van der Waals surface area contributed by atoms with Gasteiger partial charge in [0.25, 0.3) is 0 Å². The molecule has 1 saturated heterocycles. The first kappa shape index (κ1) is 27.4. The Kier molecular flexibility index (Phi) is 15.0. The monoisotopic (exact) mass is 509 g/mol. The molecule has 6 nitrogen and oxygen atoms in total. The van der Waals surface area contributed by atoms with E-state index in [4.69, 9.17) is 0 Å². The number of likely N-dealkylation sites (tertiary alicyclic amines) is 1. The minimum Gasteiger partial charge on any atom is -0.357 e. The van der Waals surface area contributed by atoms with Crippen LogP contribution in [0.2, 0.25) is 0 Å². The summed E-state index contributed by atoms with van der Waals surface area (Å²) in [6, 6.07) is 1.12. The molecule has 28 heavy (non-hydrogen) atoms. The number of rotatable bonds is 10. The molecule has 1 unspecified atom stereocenters. The number of amides is 1. The maximum Gasteiger partial charge on any atom is 0.224 e. The summed E-state index contributed by atoms with van der Waals surface area (Å²) in [6.07, 6.45) is 3.95. The van der Waals surface area contributed by atoms with Crippen molar-refractivity contribution in [2.24, 2.45) is 10.9 Å².